The maximum atomic E-state index is 5.63. The molecular formula is C13H24N2O. The molecule has 0 spiro atoms. The molecule has 0 radical (unpaired) electrons. The van der Waals surface area contributed by atoms with Crippen molar-refractivity contribution in [2.24, 2.45) is 0 Å². The van der Waals surface area contributed by atoms with Crippen LogP contribution < -0.4 is 5.32 Å². The predicted molar refractivity (Wildman–Crippen MR) is 67.6 cm³/mol. The van der Waals surface area contributed by atoms with E-state index >= 15 is 0 Å². The third kappa shape index (κ3) is 3.65. The van der Waals surface area contributed by atoms with Gasteiger partial charge in [-0.3, -0.25) is 0 Å². The van der Waals surface area contributed by atoms with Crippen LogP contribution in [0.1, 0.15) is 32.3 Å². The Morgan fingerprint density at radius 1 is 1.25 bits per heavy atom. The standard InChI is InChI=1S/C13H24N2O/c1-6-11-7-8-12(16-11)9-14-10-13(2,3)15(4)5/h7-8,14H,6,9-10H2,1-5H3. The number of nitrogens with one attached hydrogen (secondary N) is 1. The van der Waals surface area contributed by atoms with Crippen LogP contribution in [0, 0.1) is 0 Å². The van der Waals surface area contributed by atoms with Gasteiger partial charge in [-0.1, -0.05) is 6.92 Å². The van der Waals surface area contributed by atoms with Gasteiger partial charge in [-0.05, 0) is 40.1 Å². The van der Waals surface area contributed by atoms with Gasteiger partial charge in [-0.25, -0.2) is 0 Å². The molecular weight excluding hydrogens is 200 g/mol. The van der Waals surface area contributed by atoms with Crippen LogP contribution in [0.2, 0.25) is 0 Å². The lowest BCUT2D eigenvalue weighted by molar-refractivity contribution is 0.188. The Bertz CT molecular complexity index is 315. The van der Waals surface area contributed by atoms with E-state index in [0.717, 1.165) is 31.0 Å². The van der Waals surface area contributed by atoms with Gasteiger partial charge in [0.15, 0.2) is 0 Å². The summed E-state index contributed by atoms with van der Waals surface area (Å²) in [4.78, 5) is 2.22. The largest absolute Gasteiger partial charge is 0.465 e. The zero-order valence-corrected chi connectivity index (χ0v) is 11.1. The van der Waals surface area contributed by atoms with E-state index in [2.05, 4.69) is 51.1 Å². The van der Waals surface area contributed by atoms with E-state index in [1.54, 1.807) is 0 Å². The minimum Gasteiger partial charge on any atom is -0.465 e. The van der Waals surface area contributed by atoms with E-state index < -0.39 is 0 Å². The second-order valence-corrected chi connectivity index (χ2v) is 5.03. The molecule has 3 nitrogen and oxygen atoms in total. The lowest BCUT2D eigenvalue weighted by Gasteiger charge is -2.32. The average Bonchev–Trinajstić information content (AvgIpc) is 2.65. The SMILES string of the molecule is CCc1ccc(CNCC(C)(C)N(C)C)o1. The highest BCUT2D eigenvalue weighted by Gasteiger charge is 2.19. The van der Waals surface area contributed by atoms with Crippen LogP contribution in [0.15, 0.2) is 16.5 Å². The summed E-state index contributed by atoms with van der Waals surface area (Å²) in [7, 11) is 4.20. The number of furan rings is 1. The van der Waals surface area contributed by atoms with Gasteiger partial charge in [0.2, 0.25) is 0 Å². The summed E-state index contributed by atoms with van der Waals surface area (Å²) >= 11 is 0. The predicted octanol–water partition coefficient (Wildman–Crippen LogP) is 2.27. The molecule has 3 heteroatoms. The van der Waals surface area contributed by atoms with Crippen LogP contribution in [0.3, 0.4) is 0 Å². The van der Waals surface area contributed by atoms with Gasteiger partial charge in [0, 0.05) is 18.5 Å². The monoisotopic (exact) mass is 224 g/mol. The highest BCUT2D eigenvalue weighted by atomic mass is 16.3. The molecule has 0 aliphatic carbocycles. The number of likely N-dealkylation sites (N-methyl/N-ethyl adjacent to an activating group) is 1. The normalized spacial score (nSPS) is 12.4. The third-order valence-corrected chi connectivity index (χ3v) is 3.13. The van der Waals surface area contributed by atoms with Crippen LogP contribution in [-0.2, 0) is 13.0 Å². The van der Waals surface area contributed by atoms with Crippen LogP contribution in [0.5, 0.6) is 0 Å². The van der Waals surface area contributed by atoms with E-state index in [9.17, 15) is 0 Å². The number of rotatable bonds is 6. The van der Waals surface area contributed by atoms with Crippen molar-refractivity contribution in [2.45, 2.75) is 39.3 Å². The molecule has 0 aliphatic rings. The summed E-state index contributed by atoms with van der Waals surface area (Å²) in [5.41, 5.74) is 0.167. The van der Waals surface area contributed by atoms with Crippen LogP contribution in [0.25, 0.3) is 0 Å². The summed E-state index contributed by atoms with van der Waals surface area (Å²) in [5, 5.41) is 3.43. The summed E-state index contributed by atoms with van der Waals surface area (Å²) in [6.07, 6.45) is 0.961. The molecule has 0 unspecified atom stereocenters. The van der Waals surface area contributed by atoms with Gasteiger partial charge in [-0.2, -0.15) is 0 Å². The molecule has 92 valence electrons. The average molecular weight is 224 g/mol. The zero-order chi connectivity index (χ0) is 12.2. The molecule has 1 aromatic heterocycles. The molecule has 0 amide bonds. The first-order valence-corrected chi connectivity index (χ1v) is 5.91. The lowest BCUT2D eigenvalue weighted by atomic mass is 10.0. The molecule has 0 atom stereocenters. The first kappa shape index (κ1) is 13.3. The van der Waals surface area contributed by atoms with Crippen molar-refractivity contribution in [3.8, 4) is 0 Å². The zero-order valence-electron chi connectivity index (χ0n) is 11.1. The maximum Gasteiger partial charge on any atom is 0.117 e. The molecule has 1 heterocycles. The molecule has 0 aromatic carbocycles. The van der Waals surface area contributed by atoms with Gasteiger partial charge in [0.1, 0.15) is 11.5 Å². The van der Waals surface area contributed by atoms with Gasteiger partial charge in [0.05, 0.1) is 6.54 Å². The van der Waals surface area contributed by atoms with Crippen molar-refractivity contribution in [1.29, 1.82) is 0 Å². The van der Waals surface area contributed by atoms with Crippen molar-refractivity contribution < 1.29 is 4.42 Å². The number of hydrogen-bond acceptors (Lipinski definition) is 3. The van der Waals surface area contributed by atoms with E-state index in [1.165, 1.54) is 0 Å². The Kier molecular flexibility index (Phi) is 4.56. The molecule has 1 rings (SSSR count). The molecule has 0 saturated carbocycles. The Balaban J connectivity index is 2.35. The number of hydrogen-bond donors (Lipinski definition) is 1. The van der Waals surface area contributed by atoms with Crippen molar-refractivity contribution >= 4 is 0 Å². The first-order chi connectivity index (χ1) is 7.45. The Morgan fingerprint density at radius 3 is 2.38 bits per heavy atom. The van der Waals surface area contributed by atoms with Crippen molar-refractivity contribution in [3.05, 3.63) is 23.7 Å². The smallest absolute Gasteiger partial charge is 0.117 e. The minimum atomic E-state index is 0.167. The summed E-state index contributed by atoms with van der Waals surface area (Å²) in [5.74, 6) is 2.08. The molecule has 0 aliphatic heterocycles. The van der Waals surface area contributed by atoms with Gasteiger partial charge in [-0.15, -0.1) is 0 Å². The fraction of sp³-hybridized carbons (Fsp3) is 0.692. The van der Waals surface area contributed by atoms with Gasteiger partial charge in [0.25, 0.3) is 0 Å². The van der Waals surface area contributed by atoms with Crippen molar-refractivity contribution in [2.75, 3.05) is 20.6 Å². The van der Waals surface area contributed by atoms with E-state index in [1.807, 2.05) is 6.07 Å². The van der Waals surface area contributed by atoms with E-state index in [0.29, 0.717) is 0 Å². The molecule has 1 N–H and O–H groups in total. The molecule has 0 bridgehead atoms. The number of nitrogens with zero attached hydrogens (tertiary/aromatic N) is 1. The topological polar surface area (TPSA) is 28.4 Å². The van der Waals surface area contributed by atoms with Crippen molar-refractivity contribution in [1.82, 2.24) is 10.2 Å². The third-order valence-electron chi connectivity index (χ3n) is 3.13. The highest BCUT2D eigenvalue weighted by molar-refractivity contribution is 5.06. The molecule has 0 saturated heterocycles. The lowest BCUT2D eigenvalue weighted by Crippen LogP contribution is -2.46. The highest BCUT2D eigenvalue weighted by Crippen LogP contribution is 2.10. The van der Waals surface area contributed by atoms with Gasteiger partial charge < -0.3 is 14.6 Å². The quantitative estimate of drug-likeness (QED) is 0.803. The van der Waals surface area contributed by atoms with Crippen LogP contribution in [-0.4, -0.2) is 31.1 Å². The van der Waals surface area contributed by atoms with E-state index in [-0.39, 0.29) is 5.54 Å². The summed E-state index contributed by atoms with van der Waals surface area (Å²) in [6, 6.07) is 4.10. The first-order valence-electron chi connectivity index (χ1n) is 5.91. The molecule has 0 fully saturated rings. The number of aryl methyl sites for hydroxylation is 1. The second kappa shape index (κ2) is 5.51. The summed E-state index contributed by atoms with van der Waals surface area (Å²) in [6.45, 7) is 8.30. The fourth-order valence-electron chi connectivity index (χ4n) is 1.36. The molecule has 1 aromatic rings. The summed E-state index contributed by atoms with van der Waals surface area (Å²) < 4.78 is 5.63. The van der Waals surface area contributed by atoms with E-state index in [4.69, 9.17) is 4.42 Å². The van der Waals surface area contributed by atoms with Crippen LogP contribution >= 0.6 is 0 Å². The van der Waals surface area contributed by atoms with Gasteiger partial charge >= 0.3 is 0 Å². The second-order valence-electron chi connectivity index (χ2n) is 5.03. The fourth-order valence-corrected chi connectivity index (χ4v) is 1.36. The Labute approximate surface area is 98.8 Å². The maximum absolute atomic E-state index is 5.63. The minimum absolute atomic E-state index is 0.167. The Morgan fingerprint density at radius 2 is 1.88 bits per heavy atom. The molecule has 16 heavy (non-hydrogen) atoms. The van der Waals surface area contributed by atoms with Crippen molar-refractivity contribution in [3.63, 3.8) is 0 Å². The van der Waals surface area contributed by atoms with Crippen LogP contribution in [0.4, 0.5) is 0 Å². The Hall–Kier alpha value is -0.800.